The van der Waals surface area contributed by atoms with Crippen molar-refractivity contribution in [2.24, 2.45) is 10.9 Å². The van der Waals surface area contributed by atoms with E-state index < -0.39 is 4.92 Å². The molecule has 0 radical (unpaired) electrons. The summed E-state index contributed by atoms with van der Waals surface area (Å²) in [5.74, 6) is 0.648. The van der Waals surface area contributed by atoms with Crippen LogP contribution in [0.4, 0.5) is 10.7 Å². The molecule has 2 aromatic rings. The van der Waals surface area contributed by atoms with Gasteiger partial charge >= 0.3 is 0 Å². The molecule has 5 nitrogen and oxygen atoms in total. The third-order valence-corrected chi connectivity index (χ3v) is 5.75. The highest BCUT2D eigenvalue weighted by molar-refractivity contribution is 7.16. The van der Waals surface area contributed by atoms with Gasteiger partial charge in [0.15, 0.2) is 0 Å². The number of thiophene rings is 2. The largest absolute Gasteiger partial charge is 0.280 e. The first-order chi connectivity index (χ1) is 10.6. The summed E-state index contributed by atoms with van der Waals surface area (Å²) in [6.07, 6.45) is 4.67. The topological polar surface area (TPSA) is 79.3 Å². The van der Waals surface area contributed by atoms with Gasteiger partial charge in [-0.15, -0.1) is 22.7 Å². The lowest BCUT2D eigenvalue weighted by Gasteiger charge is -2.17. The minimum Gasteiger partial charge on any atom is -0.258 e. The van der Waals surface area contributed by atoms with Gasteiger partial charge < -0.3 is 0 Å². The van der Waals surface area contributed by atoms with Gasteiger partial charge in [-0.3, -0.25) is 10.1 Å². The average Bonchev–Trinajstić information content (AvgIpc) is 3.08. The van der Waals surface area contributed by atoms with Crippen LogP contribution in [0.25, 0.3) is 0 Å². The molecule has 0 N–H and O–H groups in total. The molecule has 1 aliphatic carbocycles. The summed E-state index contributed by atoms with van der Waals surface area (Å²) in [5, 5.41) is 22.3. The highest BCUT2D eigenvalue weighted by atomic mass is 32.1. The van der Waals surface area contributed by atoms with E-state index in [4.69, 9.17) is 0 Å². The highest BCUT2D eigenvalue weighted by Crippen LogP contribution is 2.40. The summed E-state index contributed by atoms with van der Waals surface area (Å²) in [6, 6.07) is 3.77. The lowest BCUT2D eigenvalue weighted by molar-refractivity contribution is -0.384. The number of hydrogen-bond donors (Lipinski definition) is 0. The van der Waals surface area contributed by atoms with Gasteiger partial charge in [-0.2, -0.15) is 5.26 Å². The minimum atomic E-state index is -0.417. The molecule has 112 valence electrons. The van der Waals surface area contributed by atoms with Crippen molar-refractivity contribution in [2.75, 3.05) is 0 Å². The maximum Gasteiger partial charge on any atom is 0.280 e. The molecule has 2 aromatic heterocycles. The molecule has 0 spiro atoms. The summed E-state index contributed by atoms with van der Waals surface area (Å²) < 4.78 is 0. The second kappa shape index (κ2) is 5.99. The number of nitrogens with zero attached hydrogens (tertiary/aromatic N) is 3. The Kier molecular flexibility index (Phi) is 4.05. The van der Waals surface area contributed by atoms with Crippen molar-refractivity contribution >= 4 is 39.6 Å². The molecular formula is C15H13N3O2S2. The maximum absolute atomic E-state index is 10.7. The van der Waals surface area contributed by atoms with Crippen molar-refractivity contribution in [3.05, 3.63) is 42.4 Å². The zero-order chi connectivity index (χ0) is 15.7. The molecule has 0 aliphatic heterocycles. The molecule has 7 heteroatoms. The molecule has 0 fully saturated rings. The number of hydrogen-bond acceptors (Lipinski definition) is 6. The van der Waals surface area contributed by atoms with Crippen molar-refractivity contribution in [3.8, 4) is 6.07 Å². The molecule has 3 rings (SSSR count). The van der Waals surface area contributed by atoms with Crippen LogP contribution < -0.4 is 0 Å². The monoisotopic (exact) mass is 331 g/mol. The van der Waals surface area contributed by atoms with Crippen LogP contribution in [-0.4, -0.2) is 11.1 Å². The van der Waals surface area contributed by atoms with Crippen LogP contribution in [-0.2, 0) is 12.8 Å². The summed E-state index contributed by atoms with van der Waals surface area (Å²) in [5.41, 5.74) is 1.90. The van der Waals surface area contributed by atoms with Gasteiger partial charge in [0, 0.05) is 17.2 Å². The molecule has 0 saturated carbocycles. The Balaban J connectivity index is 1.90. The van der Waals surface area contributed by atoms with Crippen LogP contribution in [0.2, 0.25) is 0 Å². The smallest absolute Gasteiger partial charge is 0.258 e. The first kappa shape index (κ1) is 14.9. The van der Waals surface area contributed by atoms with E-state index in [1.54, 1.807) is 17.6 Å². The highest BCUT2D eigenvalue weighted by Gasteiger charge is 2.23. The average molecular weight is 331 g/mol. The second-order valence-electron chi connectivity index (χ2n) is 5.37. The summed E-state index contributed by atoms with van der Waals surface area (Å²) >= 11 is 2.85. The van der Waals surface area contributed by atoms with E-state index in [0.717, 1.165) is 34.7 Å². The van der Waals surface area contributed by atoms with E-state index in [9.17, 15) is 15.4 Å². The molecule has 1 unspecified atom stereocenters. The fourth-order valence-corrected chi connectivity index (χ4v) is 4.59. The predicted octanol–water partition coefficient (Wildman–Crippen LogP) is 4.46. The molecule has 0 saturated heterocycles. The number of nitriles is 1. The van der Waals surface area contributed by atoms with Crippen LogP contribution >= 0.6 is 22.7 Å². The Morgan fingerprint density at radius 2 is 2.41 bits per heavy atom. The van der Waals surface area contributed by atoms with E-state index in [1.807, 2.05) is 0 Å². The number of rotatable bonds is 3. The van der Waals surface area contributed by atoms with Crippen LogP contribution in [0.1, 0.15) is 34.2 Å². The number of nitro groups is 1. The van der Waals surface area contributed by atoms with Crippen LogP contribution in [0.3, 0.4) is 0 Å². The standard InChI is InChI=1S/C15H13N3O2S2/c1-9-2-3-12-13(6-16)15(22-14(12)4-9)17-7-11-5-10(8-21-11)18(19)20/h5,7-9H,2-4H2,1H3. The lowest BCUT2D eigenvalue weighted by atomic mass is 9.89. The molecule has 0 amide bonds. The minimum absolute atomic E-state index is 0.0752. The normalized spacial score (nSPS) is 17.4. The summed E-state index contributed by atoms with van der Waals surface area (Å²) in [6.45, 7) is 2.22. The molecule has 0 aromatic carbocycles. The van der Waals surface area contributed by atoms with E-state index in [1.165, 1.54) is 27.7 Å². The zero-order valence-corrected chi connectivity index (χ0v) is 13.5. The van der Waals surface area contributed by atoms with E-state index in [-0.39, 0.29) is 5.69 Å². The van der Waals surface area contributed by atoms with Crippen LogP contribution in [0, 0.1) is 27.4 Å². The van der Waals surface area contributed by atoms with Crippen molar-refractivity contribution < 1.29 is 4.92 Å². The van der Waals surface area contributed by atoms with E-state index in [0.29, 0.717) is 11.5 Å². The second-order valence-corrected chi connectivity index (χ2v) is 7.39. The molecule has 0 bridgehead atoms. The van der Waals surface area contributed by atoms with Crippen molar-refractivity contribution in [1.29, 1.82) is 5.26 Å². The Morgan fingerprint density at radius 3 is 3.09 bits per heavy atom. The maximum atomic E-state index is 10.7. The SMILES string of the molecule is CC1CCc2c(sc(N=Cc3cc([N+](=O)[O-])cs3)c2C#N)C1. The molecular weight excluding hydrogens is 318 g/mol. The van der Waals surface area contributed by atoms with Gasteiger partial charge in [-0.1, -0.05) is 6.92 Å². The molecule has 2 heterocycles. The summed E-state index contributed by atoms with van der Waals surface area (Å²) in [4.78, 5) is 16.7. The fourth-order valence-electron chi connectivity index (χ4n) is 2.57. The van der Waals surface area contributed by atoms with Gasteiger partial charge in [0.1, 0.15) is 11.1 Å². The summed E-state index contributed by atoms with van der Waals surface area (Å²) in [7, 11) is 0. The fraction of sp³-hybridized carbons (Fsp3) is 0.333. The van der Waals surface area contributed by atoms with Crippen molar-refractivity contribution in [2.45, 2.75) is 26.2 Å². The van der Waals surface area contributed by atoms with Gasteiger partial charge in [-0.25, -0.2) is 4.99 Å². The van der Waals surface area contributed by atoms with Crippen LogP contribution in [0.5, 0.6) is 0 Å². The Morgan fingerprint density at radius 1 is 1.59 bits per heavy atom. The van der Waals surface area contributed by atoms with Gasteiger partial charge in [0.2, 0.25) is 0 Å². The third kappa shape index (κ3) is 2.80. The zero-order valence-electron chi connectivity index (χ0n) is 11.9. The Labute approximate surface area is 135 Å². The van der Waals surface area contributed by atoms with E-state index in [2.05, 4.69) is 18.0 Å². The van der Waals surface area contributed by atoms with Crippen molar-refractivity contribution in [3.63, 3.8) is 0 Å². The first-order valence-corrected chi connectivity index (χ1v) is 8.59. The quantitative estimate of drug-likeness (QED) is 0.473. The first-order valence-electron chi connectivity index (χ1n) is 6.90. The molecule has 22 heavy (non-hydrogen) atoms. The number of fused-ring (bicyclic) bond motifs is 1. The predicted molar refractivity (Wildman–Crippen MR) is 88.5 cm³/mol. The number of aliphatic imine (C=N–C) groups is 1. The molecule has 1 aliphatic rings. The van der Waals surface area contributed by atoms with Gasteiger partial charge in [0.05, 0.1) is 20.7 Å². The third-order valence-electron chi connectivity index (χ3n) is 3.73. The van der Waals surface area contributed by atoms with E-state index >= 15 is 0 Å². The van der Waals surface area contributed by atoms with Gasteiger partial charge in [0.25, 0.3) is 5.69 Å². The molecule has 1 atom stereocenters. The van der Waals surface area contributed by atoms with Crippen molar-refractivity contribution in [1.82, 2.24) is 0 Å². The lowest BCUT2D eigenvalue weighted by Crippen LogP contribution is -2.09. The van der Waals surface area contributed by atoms with Gasteiger partial charge in [-0.05, 0) is 30.7 Å². The Hall–Kier alpha value is -2.04. The van der Waals surface area contributed by atoms with Crippen LogP contribution in [0.15, 0.2) is 16.4 Å². The Bertz CT molecular complexity index is 798.